The van der Waals surface area contributed by atoms with Crippen LogP contribution in [0.15, 0.2) is 5.38 Å². The highest BCUT2D eigenvalue weighted by atomic mass is 32.1. The van der Waals surface area contributed by atoms with E-state index >= 15 is 0 Å². The minimum Gasteiger partial charge on any atom is -0.462 e. The van der Waals surface area contributed by atoms with Crippen molar-refractivity contribution in [2.45, 2.75) is 65.0 Å². The van der Waals surface area contributed by atoms with E-state index in [0.717, 1.165) is 23.3 Å². The zero-order chi connectivity index (χ0) is 17.3. The molecule has 1 N–H and O–H groups in total. The number of hydrogen-bond acceptors (Lipinski definition) is 5. The number of ether oxygens (including phenoxy) is 2. The third kappa shape index (κ3) is 4.47. The van der Waals surface area contributed by atoms with Crippen LogP contribution < -0.4 is 5.32 Å². The number of esters is 1. The van der Waals surface area contributed by atoms with Crippen LogP contribution in [-0.2, 0) is 22.3 Å². The summed E-state index contributed by atoms with van der Waals surface area (Å²) in [6.07, 6.45) is 1.82. The second kappa shape index (κ2) is 6.51. The summed E-state index contributed by atoms with van der Waals surface area (Å²) in [5.41, 5.74) is 0.870. The number of alkyl carbamates (subject to hydrolysis) is 1. The van der Waals surface area contributed by atoms with Crippen LogP contribution >= 0.6 is 11.3 Å². The van der Waals surface area contributed by atoms with E-state index in [-0.39, 0.29) is 11.5 Å². The number of hydrogen-bond donors (Lipinski definition) is 1. The molecule has 0 aromatic carbocycles. The van der Waals surface area contributed by atoms with Crippen LogP contribution in [-0.4, -0.2) is 29.8 Å². The van der Waals surface area contributed by atoms with Crippen LogP contribution in [0.1, 0.15) is 61.8 Å². The summed E-state index contributed by atoms with van der Waals surface area (Å²) >= 11 is 1.56. The quantitative estimate of drug-likeness (QED) is 0.853. The molecule has 1 aliphatic rings. The van der Waals surface area contributed by atoms with E-state index in [1.165, 1.54) is 0 Å². The van der Waals surface area contributed by atoms with Crippen molar-refractivity contribution in [1.82, 2.24) is 5.32 Å². The van der Waals surface area contributed by atoms with Crippen LogP contribution in [0.2, 0.25) is 0 Å². The van der Waals surface area contributed by atoms with Gasteiger partial charge in [0.25, 0.3) is 0 Å². The maximum atomic E-state index is 12.0. The Bertz CT molecular complexity index is 602. The Balaban J connectivity index is 2.08. The van der Waals surface area contributed by atoms with Gasteiger partial charge in [-0.05, 0) is 53.0 Å². The Labute approximate surface area is 141 Å². The summed E-state index contributed by atoms with van der Waals surface area (Å²) in [6.45, 7) is 9.74. The first-order valence-electron chi connectivity index (χ1n) is 7.91. The SMILES string of the molecule is CCOC(=O)c1csc2c1CCC(C)(NC(=O)OC(C)(C)C)C2. The van der Waals surface area contributed by atoms with Crippen molar-refractivity contribution in [3.05, 3.63) is 21.4 Å². The molecule has 2 rings (SSSR count). The van der Waals surface area contributed by atoms with Gasteiger partial charge in [0.05, 0.1) is 12.2 Å². The van der Waals surface area contributed by atoms with E-state index in [1.807, 2.05) is 33.1 Å². The Hall–Kier alpha value is -1.56. The molecular weight excluding hydrogens is 314 g/mol. The van der Waals surface area contributed by atoms with Gasteiger partial charge in [0.1, 0.15) is 5.60 Å². The van der Waals surface area contributed by atoms with E-state index in [9.17, 15) is 9.59 Å². The number of carbonyl (C=O) groups is 2. The molecule has 0 radical (unpaired) electrons. The third-order valence-corrected chi connectivity index (χ3v) is 4.79. The van der Waals surface area contributed by atoms with Gasteiger partial charge in [-0.3, -0.25) is 0 Å². The molecule has 1 unspecified atom stereocenters. The fraction of sp³-hybridized carbons (Fsp3) is 0.647. The highest BCUT2D eigenvalue weighted by Gasteiger charge is 2.35. The molecule has 0 saturated carbocycles. The molecule has 0 fully saturated rings. The van der Waals surface area contributed by atoms with Gasteiger partial charge in [-0.2, -0.15) is 0 Å². The number of thiophene rings is 1. The lowest BCUT2D eigenvalue weighted by Gasteiger charge is -2.35. The van der Waals surface area contributed by atoms with Crippen LogP contribution in [0.5, 0.6) is 0 Å². The molecule has 1 aliphatic carbocycles. The molecule has 0 spiro atoms. The Morgan fingerprint density at radius 3 is 2.70 bits per heavy atom. The van der Waals surface area contributed by atoms with E-state index < -0.39 is 11.7 Å². The predicted octanol–water partition coefficient (Wildman–Crippen LogP) is 3.70. The van der Waals surface area contributed by atoms with Crippen molar-refractivity contribution in [2.24, 2.45) is 0 Å². The average Bonchev–Trinajstić information content (AvgIpc) is 2.78. The second-order valence-electron chi connectivity index (χ2n) is 7.14. The maximum Gasteiger partial charge on any atom is 0.408 e. The topological polar surface area (TPSA) is 64.6 Å². The maximum absolute atomic E-state index is 12.0. The first-order valence-corrected chi connectivity index (χ1v) is 8.79. The lowest BCUT2D eigenvalue weighted by Crippen LogP contribution is -2.51. The Morgan fingerprint density at radius 2 is 2.09 bits per heavy atom. The molecular formula is C17H25NO4S. The van der Waals surface area contributed by atoms with Crippen molar-refractivity contribution in [1.29, 1.82) is 0 Å². The molecule has 1 amide bonds. The zero-order valence-electron chi connectivity index (χ0n) is 14.4. The van der Waals surface area contributed by atoms with E-state index in [1.54, 1.807) is 18.3 Å². The molecule has 1 heterocycles. The van der Waals surface area contributed by atoms with Crippen molar-refractivity contribution >= 4 is 23.4 Å². The van der Waals surface area contributed by atoms with Gasteiger partial charge >= 0.3 is 12.1 Å². The van der Waals surface area contributed by atoms with Gasteiger partial charge in [0, 0.05) is 22.2 Å². The molecule has 5 nitrogen and oxygen atoms in total. The molecule has 1 aromatic rings. The lowest BCUT2D eigenvalue weighted by atomic mass is 9.82. The monoisotopic (exact) mass is 339 g/mol. The molecule has 6 heteroatoms. The molecule has 128 valence electrons. The van der Waals surface area contributed by atoms with Gasteiger partial charge in [-0.15, -0.1) is 11.3 Å². The largest absolute Gasteiger partial charge is 0.462 e. The number of rotatable bonds is 3. The molecule has 1 atom stereocenters. The van der Waals surface area contributed by atoms with E-state index in [0.29, 0.717) is 18.6 Å². The van der Waals surface area contributed by atoms with Crippen LogP contribution in [0.4, 0.5) is 4.79 Å². The highest BCUT2D eigenvalue weighted by Crippen LogP contribution is 2.35. The number of nitrogens with one attached hydrogen (secondary N) is 1. The number of carbonyl (C=O) groups excluding carboxylic acids is 2. The van der Waals surface area contributed by atoms with Gasteiger partial charge in [0.15, 0.2) is 0 Å². The van der Waals surface area contributed by atoms with E-state index in [2.05, 4.69) is 5.32 Å². The first kappa shape index (κ1) is 17.8. The first-order chi connectivity index (χ1) is 10.6. The van der Waals surface area contributed by atoms with Gasteiger partial charge in [-0.1, -0.05) is 0 Å². The normalized spacial score (nSPS) is 20.6. The molecule has 1 aromatic heterocycles. The number of fused-ring (bicyclic) bond motifs is 1. The smallest absolute Gasteiger partial charge is 0.408 e. The number of amides is 1. The van der Waals surface area contributed by atoms with Crippen molar-refractivity contribution < 1.29 is 19.1 Å². The van der Waals surface area contributed by atoms with Crippen molar-refractivity contribution in [2.75, 3.05) is 6.61 Å². The summed E-state index contributed by atoms with van der Waals surface area (Å²) in [6, 6.07) is 0. The highest BCUT2D eigenvalue weighted by molar-refractivity contribution is 7.10. The van der Waals surface area contributed by atoms with Gasteiger partial charge < -0.3 is 14.8 Å². The van der Waals surface area contributed by atoms with Crippen LogP contribution in [0.25, 0.3) is 0 Å². The molecule has 0 bridgehead atoms. The predicted molar refractivity (Wildman–Crippen MR) is 90.1 cm³/mol. The van der Waals surface area contributed by atoms with Gasteiger partial charge in [0.2, 0.25) is 0 Å². The summed E-state index contributed by atoms with van der Waals surface area (Å²) in [4.78, 5) is 25.1. The summed E-state index contributed by atoms with van der Waals surface area (Å²) < 4.78 is 10.4. The second-order valence-corrected chi connectivity index (χ2v) is 8.10. The Morgan fingerprint density at radius 1 is 1.39 bits per heavy atom. The van der Waals surface area contributed by atoms with Crippen LogP contribution in [0, 0.1) is 0 Å². The summed E-state index contributed by atoms with van der Waals surface area (Å²) in [5, 5.41) is 4.85. The van der Waals surface area contributed by atoms with Crippen molar-refractivity contribution in [3.63, 3.8) is 0 Å². The average molecular weight is 339 g/mol. The fourth-order valence-corrected chi connectivity index (χ4v) is 3.98. The van der Waals surface area contributed by atoms with E-state index in [4.69, 9.17) is 9.47 Å². The zero-order valence-corrected chi connectivity index (χ0v) is 15.3. The summed E-state index contributed by atoms with van der Waals surface area (Å²) in [7, 11) is 0. The van der Waals surface area contributed by atoms with Crippen LogP contribution in [0.3, 0.4) is 0 Å². The minimum absolute atomic E-state index is 0.256. The minimum atomic E-state index is -0.514. The molecule has 0 saturated heterocycles. The Kier molecular flexibility index (Phi) is 5.04. The molecule has 23 heavy (non-hydrogen) atoms. The fourth-order valence-electron chi connectivity index (χ4n) is 2.73. The van der Waals surface area contributed by atoms with Crippen molar-refractivity contribution in [3.8, 4) is 0 Å². The third-order valence-electron chi connectivity index (χ3n) is 3.76. The van der Waals surface area contributed by atoms with Gasteiger partial charge in [-0.25, -0.2) is 9.59 Å². The molecule has 0 aliphatic heterocycles. The lowest BCUT2D eigenvalue weighted by molar-refractivity contribution is 0.0450. The summed E-state index contributed by atoms with van der Waals surface area (Å²) in [5.74, 6) is -0.256. The standard InChI is InChI=1S/C17H25NO4S/c1-6-21-14(19)12-10-23-13-9-17(5,8-7-11(12)13)18-15(20)22-16(2,3)4/h10H,6-9H2,1-5H3,(H,18,20).